The summed E-state index contributed by atoms with van der Waals surface area (Å²) in [6.07, 6.45) is 4.44. The molecule has 1 heterocycles. The van der Waals surface area contributed by atoms with Gasteiger partial charge in [-0.1, -0.05) is 0 Å². The van der Waals surface area contributed by atoms with Gasteiger partial charge in [0.25, 0.3) is 0 Å². The smallest absolute Gasteiger partial charge is 0.206 e. The number of aliphatic imine (C=N–C) groups is 1. The Bertz CT molecular complexity index is 311. The zero-order valence-electron chi connectivity index (χ0n) is 10.1. The lowest BCUT2D eigenvalue weighted by molar-refractivity contribution is 0.145. The van der Waals surface area contributed by atoms with Crippen molar-refractivity contribution in [2.75, 3.05) is 19.8 Å². The maximum absolute atomic E-state index is 5.36. The standard InChI is InChI=1S/C10H20N6O/c1-2-17-5-3-4-12-10(16-11)13-6-9-7-14-15-8-9/h7-8H,2-6,11H2,1H3,(H,14,15)(H2,12,13,16). The summed E-state index contributed by atoms with van der Waals surface area (Å²) >= 11 is 0. The van der Waals surface area contributed by atoms with E-state index in [0.717, 1.165) is 31.7 Å². The first-order chi connectivity index (χ1) is 8.36. The Balaban J connectivity index is 2.20. The van der Waals surface area contributed by atoms with Gasteiger partial charge < -0.3 is 10.1 Å². The highest BCUT2D eigenvalue weighted by atomic mass is 16.5. The minimum atomic E-state index is 0.536. The van der Waals surface area contributed by atoms with E-state index in [1.54, 1.807) is 12.4 Å². The minimum Gasteiger partial charge on any atom is -0.382 e. The van der Waals surface area contributed by atoms with Gasteiger partial charge in [-0.05, 0) is 13.3 Å². The molecule has 0 radical (unpaired) electrons. The second-order valence-electron chi connectivity index (χ2n) is 3.39. The Morgan fingerprint density at radius 2 is 2.53 bits per heavy atom. The molecule has 0 aliphatic carbocycles. The Labute approximate surface area is 101 Å². The molecule has 0 aromatic carbocycles. The Morgan fingerprint density at radius 3 is 3.18 bits per heavy atom. The molecule has 17 heavy (non-hydrogen) atoms. The molecule has 1 rings (SSSR count). The first kappa shape index (κ1) is 13.5. The van der Waals surface area contributed by atoms with Crippen molar-refractivity contribution >= 4 is 5.96 Å². The fourth-order valence-electron chi connectivity index (χ4n) is 1.21. The number of H-pyrrole nitrogens is 1. The molecule has 0 fully saturated rings. The lowest BCUT2D eigenvalue weighted by Crippen LogP contribution is -2.42. The van der Waals surface area contributed by atoms with Gasteiger partial charge in [0.2, 0.25) is 5.96 Å². The average molecular weight is 240 g/mol. The summed E-state index contributed by atoms with van der Waals surface area (Å²) in [5, 5.41) is 9.66. The van der Waals surface area contributed by atoms with Crippen molar-refractivity contribution in [2.24, 2.45) is 10.8 Å². The third-order valence-corrected chi connectivity index (χ3v) is 2.07. The van der Waals surface area contributed by atoms with Gasteiger partial charge in [-0.25, -0.2) is 10.8 Å². The van der Waals surface area contributed by atoms with Crippen LogP contribution in [-0.4, -0.2) is 35.9 Å². The van der Waals surface area contributed by atoms with Crippen LogP contribution in [-0.2, 0) is 11.3 Å². The third kappa shape index (κ3) is 5.88. The van der Waals surface area contributed by atoms with E-state index in [0.29, 0.717) is 12.5 Å². The monoisotopic (exact) mass is 240 g/mol. The normalized spacial score (nSPS) is 11.5. The van der Waals surface area contributed by atoms with Gasteiger partial charge in [-0.15, -0.1) is 0 Å². The predicted octanol–water partition coefficient (Wildman–Crippen LogP) is -0.255. The molecule has 0 aliphatic rings. The zero-order valence-corrected chi connectivity index (χ0v) is 10.1. The number of ether oxygens (including phenoxy) is 1. The molecular formula is C10H20N6O. The number of hydrazine groups is 1. The molecular weight excluding hydrogens is 220 g/mol. The quantitative estimate of drug-likeness (QED) is 0.173. The summed E-state index contributed by atoms with van der Waals surface area (Å²) in [7, 11) is 0. The highest BCUT2D eigenvalue weighted by molar-refractivity contribution is 5.79. The second-order valence-corrected chi connectivity index (χ2v) is 3.39. The summed E-state index contributed by atoms with van der Waals surface area (Å²) in [6, 6.07) is 0. The fraction of sp³-hybridized carbons (Fsp3) is 0.600. The predicted molar refractivity (Wildman–Crippen MR) is 66.2 cm³/mol. The van der Waals surface area contributed by atoms with Crippen LogP contribution < -0.4 is 16.6 Å². The van der Waals surface area contributed by atoms with Crippen molar-refractivity contribution < 1.29 is 4.74 Å². The summed E-state index contributed by atoms with van der Waals surface area (Å²) in [6.45, 7) is 4.77. The lowest BCUT2D eigenvalue weighted by atomic mass is 10.4. The Morgan fingerprint density at radius 1 is 1.65 bits per heavy atom. The van der Waals surface area contributed by atoms with Crippen molar-refractivity contribution in [3.8, 4) is 0 Å². The second kappa shape index (κ2) is 8.54. The molecule has 7 nitrogen and oxygen atoms in total. The average Bonchev–Trinajstić information content (AvgIpc) is 2.86. The van der Waals surface area contributed by atoms with Crippen molar-refractivity contribution in [1.82, 2.24) is 20.9 Å². The van der Waals surface area contributed by atoms with E-state index in [1.165, 1.54) is 0 Å². The molecule has 1 aromatic heterocycles. The molecule has 5 N–H and O–H groups in total. The van der Waals surface area contributed by atoms with E-state index in [1.807, 2.05) is 6.92 Å². The van der Waals surface area contributed by atoms with Crippen LogP contribution in [0.15, 0.2) is 17.4 Å². The summed E-state index contributed by atoms with van der Waals surface area (Å²) in [5.41, 5.74) is 3.53. The highest BCUT2D eigenvalue weighted by Crippen LogP contribution is 1.95. The number of hydrogen-bond acceptors (Lipinski definition) is 4. The van der Waals surface area contributed by atoms with Crippen LogP contribution in [0.25, 0.3) is 0 Å². The molecule has 0 bridgehead atoms. The van der Waals surface area contributed by atoms with Crippen molar-refractivity contribution in [2.45, 2.75) is 19.9 Å². The number of nitrogens with zero attached hydrogens (tertiary/aromatic N) is 2. The molecule has 0 aliphatic heterocycles. The number of nitrogens with one attached hydrogen (secondary N) is 3. The number of rotatable bonds is 7. The first-order valence-corrected chi connectivity index (χ1v) is 5.67. The lowest BCUT2D eigenvalue weighted by Gasteiger charge is -2.08. The van der Waals surface area contributed by atoms with E-state index >= 15 is 0 Å². The van der Waals surface area contributed by atoms with E-state index in [-0.39, 0.29) is 0 Å². The van der Waals surface area contributed by atoms with Gasteiger partial charge in [0.05, 0.1) is 12.7 Å². The first-order valence-electron chi connectivity index (χ1n) is 5.67. The molecule has 0 saturated carbocycles. The van der Waals surface area contributed by atoms with Crippen LogP contribution in [0.3, 0.4) is 0 Å². The third-order valence-electron chi connectivity index (χ3n) is 2.07. The van der Waals surface area contributed by atoms with Gasteiger partial charge in [-0.3, -0.25) is 10.5 Å². The molecule has 0 amide bonds. The molecule has 0 unspecified atom stereocenters. The SMILES string of the molecule is CCOCCCNC(=NCc1cn[nH]c1)NN. The van der Waals surface area contributed by atoms with Crippen LogP contribution in [0, 0.1) is 0 Å². The van der Waals surface area contributed by atoms with Crippen LogP contribution in [0.4, 0.5) is 0 Å². The van der Waals surface area contributed by atoms with Crippen LogP contribution >= 0.6 is 0 Å². The number of aromatic amines is 1. The van der Waals surface area contributed by atoms with Gasteiger partial charge in [0.15, 0.2) is 0 Å². The van der Waals surface area contributed by atoms with Gasteiger partial charge in [-0.2, -0.15) is 5.10 Å². The fourth-order valence-corrected chi connectivity index (χ4v) is 1.21. The van der Waals surface area contributed by atoms with Crippen LogP contribution in [0.5, 0.6) is 0 Å². The Kier molecular flexibility index (Phi) is 6.76. The van der Waals surface area contributed by atoms with Crippen LogP contribution in [0.1, 0.15) is 18.9 Å². The molecule has 0 atom stereocenters. The number of nitrogens with two attached hydrogens (primary N) is 1. The molecule has 1 aromatic rings. The number of guanidine groups is 1. The Hall–Kier alpha value is -1.60. The maximum atomic E-state index is 5.36. The van der Waals surface area contributed by atoms with Gasteiger partial charge >= 0.3 is 0 Å². The number of hydrogen-bond donors (Lipinski definition) is 4. The zero-order chi connectivity index (χ0) is 12.3. The van der Waals surface area contributed by atoms with Gasteiger partial charge in [0, 0.05) is 31.5 Å². The molecule has 0 spiro atoms. The van der Waals surface area contributed by atoms with Crippen molar-refractivity contribution in [1.29, 1.82) is 0 Å². The van der Waals surface area contributed by atoms with Crippen molar-refractivity contribution in [3.63, 3.8) is 0 Å². The van der Waals surface area contributed by atoms with E-state index < -0.39 is 0 Å². The largest absolute Gasteiger partial charge is 0.382 e. The maximum Gasteiger partial charge on any atom is 0.206 e. The molecule has 96 valence electrons. The van der Waals surface area contributed by atoms with E-state index in [2.05, 4.69) is 25.9 Å². The summed E-state index contributed by atoms with van der Waals surface area (Å²) in [4.78, 5) is 4.27. The molecule has 7 heteroatoms. The van der Waals surface area contributed by atoms with E-state index in [9.17, 15) is 0 Å². The summed E-state index contributed by atoms with van der Waals surface area (Å²) < 4.78 is 5.22. The summed E-state index contributed by atoms with van der Waals surface area (Å²) in [5.74, 6) is 5.93. The molecule has 0 saturated heterocycles. The van der Waals surface area contributed by atoms with Gasteiger partial charge in [0.1, 0.15) is 0 Å². The topological polar surface area (TPSA) is 100 Å². The number of aromatic nitrogens is 2. The minimum absolute atomic E-state index is 0.536. The van der Waals surface area contributed by atoms with Crippen molar-refractivity contribution in [3.05, 3.63) is 18.0 Å². The van der Waals surface area contributed by atoms with E-state index in [4.69, 9.17) is 10.6 Å². The highest BCUT2D eigenvalue weighted by Gasteiger charge is 1.96. The van der Waals surface area contributed by atoms with Crippen LogP contribution in [0.2, 0.25) is 0 Å².